The lowest BCUT2D eigenvalue weighted by Crippen LogP contribution is -1.85. The molecule has 0 radical (unpaired) electrons. The Balaban J connectivity index is 2.26. The standard InChI is InChI=1S/C11H14S2/c1-2-5-9-13-11-7-3-6-10-12-8-4-1/h3,6-11H2. The lowest BCUT2D eigenvalue weighted by molar-refractivity contribution is 0.786. The molecule has 1 heterocycles. The maximum atomic E-state index is 3.05. The highest BCUT2D eigenvalue weighted by Crippen LogP contribution is 2.09. The molecule has 0 aromatic carbocycles. The zero-order valence-corrected chi connectivity index (χ0v) is 9.40. The van der Waals surface area contributed by atoms with E-state index < -0.39 is 0 Å². The van der Waals surface area contributed by atoms with Gasteiger partial charge < -0.3 is 0 Å². The average molecular weight is 210 g/mol. The minimum atomic E-state index is 0.946. The molecular weight excluding hydrogens is 196 g/mol. The van der Waals surface area contributed by atoms with Gasteiger partial charge in [0.15, 0.2) is 0 Å². The van der Waals surface area contributed by atoms with Gasteiger partial charge in [0, 0.05) is 0 Å². The molecule has 0 atom stereocenters. The predicted octanol–water partition coefficient (Wildman–Crippen LogP) is 2.64. The van der Waals surface area contributed by atoms with Crippen molar-refractivity contribution in [1.29, 1.82) is 0 Å². The van der Waals surface area contributed by atoms with Gasteiger partial charge in [-0.3, -0.25) is 0 Å². The Morgan fingerprint density at radius 1 is 0.692 bits per heavy atom. The maximum absolute atomic E-state index is 3.05. The number of rotatable bonds is 0. The van der Waals surface area contributed by atoms with Crippen LogP contribution in [0.1, 0.15) is 19.3 Å². The van der Waals surface area contributed by atoms with E-state index in [2.05, 4.69) is 23.7 Å². The summed E-state index contributed by atoms with van der Waals surface area (Å²) in [6.07, 6.45) is 4.04. The molecule has 0 spiro atoms. The Hall–Kier alpha value is -0.180. The Bertz CT molecular complexity index is 210. The van der Waals surface area contributed by atoms with E-state index in [1.54, 1.807) is 0 Å². The van der Waals surface area contributed by atoms with E-state index in [9.17, 15) is 0 Å². The second kappa shape index (κ2) is 8.42. The maximum Gasteiger partial charge on any atom is 0.0557 e. The Kier molecular flexibility index (Phi) is 7.06. The summed E-state index contributed by atoms with van der Waals surface area (Å²) in [5, 5.41) is 0. The molecular formula is C11H14S2. The van der Waals surface area contributed by atoms with Crippen molar-refractivity contribution in [2.75, 3.05) is 23.0 Å². The second-order valence-corrected chi connectivity index (χ2v) is 4.98. The molecule has 0 bridgehead atoms. The largest absolute Gasteiger partial charge is 0.149 e. The van der Waals surface area contributed by atoms with Gasteiger partial charge in [-0.15, -0.1) is 23.5 Å². The molecule has 0 N–H and O–H groups in total. The lowest BCUT2D eigenvalue weighted by Gasteiger charge is -1.98. The SMILES string of the molecule is C1#CCSCCCCCSCC#C1. The van der Waals surface area contributed by atoms with Crippen molar-refractivity contribution in [3.8, 4) is 23.7 Å². The molecule has 13 heavy (non-hydrogen) atoms. The van der Waals surface area contributed by atoms with Crippen LogP contribution in [0.3, 0.4) is 0 Å². The van der Waals surface area contributed by atoms with Crippen LogP contribution in [0.15, 0.2) is 0 Å². The lowest BCUT2D eigenvalue weighted by atomic mass is 10.3. The topological polar surface area (TPSA) is 0 Å². The summed E-state index contributed by atoms with van der Waals surface area (Å²) in [5.41, 5.74) is 0. The number of hydrogen-bond acceptors (Lipinski definition) is 2. The third-order valence-corrected chi connectivity index (χ3v) is 3.52. The van der Waals surface area contributed by atoms with Crippen molar-refractivity contribution in [2.45, 2.75) is 19.3 Å². The summed E-state index contributed by atoms with van der Waals surface area (Å²) in [6.45, 7) is 0. The van der Waals surface area contributed by atoms with Crippen LogP contribution in [-0.4, -0.2) is 23.0 Å². The first kappa shape index (κ1) is 10.9. The van der Waals surface area contributed by atoms with Gasteiger partial charge in [0.05, 0.1) is 11.5 Å². The van der Waals surface area contributed by atoms with Gasteiger partial charge >= 0.3 is 0 Å². The fraction of sp³-hybridized carbons (Fsp3) is 0.636. The third-order valence-electron chi connectivity index (χ3n) is 1.67. The van der Waals surface area contributed by atoms with Crippen molar-refractivity contribution in [2.24, 2.45) is 0 Å². The van der Waals surface area contributed by atoms with Gasteiger partial charge in [0.2, 0.25) is 0 Å². The minimum absolute atomic E-state index is 0.946. The van der Waals surface area contributed by atoms with Gasteiger partial charge in [0.25, 0.3) is 0 Å². The van der Waals surface area contributed by atoms with E-state index in [1.807, 2.05) is 23.5 Å². The van der Waals surface area contributed by atoms with E-state index in [1.165, 1.54) is 30.8 Å². The number of thioether (sulfide) groups is 2. The van der Waals surface area contributed by atoms with Crippen LogP contribution >= 0.6 is 23.5 Å². The van der Waals surface area contributed by atoms with Crippen LogP contribution in [0.25, 0.3) is 0 Å². The summed E-state index contributed by atoms with van der Waals surface area (Å²) in [6, 6.07) is 0. The molecule has 0 unspecified atom stereocenters. The molecule has 0 amide bonds. The van der Waals surface area contributed by atoms with Crippen molar-refractivity contribution in [3.63, 3.8) is 0 Å². The summed E-state index contributed by atoms with van der Waals surface area (Å²) >= 11 is 3.85. The Labute approximate surface area is 89.6 Å². The van der Waals surface area contributed by atoms with Crippen molar-refractivity contribution in [1.82, 2.24) is 0 Å². The molecule has 1 rings (SSSR count). The smallest absolute Gasteiger partial charge is 0.0557 e. The molecule has 0 fully saturated rings. The van der Waals surface area contributed by atoms with Crippen molar-refractivity contribution in [3.05, 3.63) is 0 Å². The fourth-order valence-electron chi connectivity index (χ4n) is 0.992. The molecule has 0 aromatic heterocycles. The van der Waals surface area contributed by atoms with E-state index in [4.69, 9.17) is 0 Å². The van der Waals surface area contributed by atoms with Gasteiger partial charge in [-0.25, -0.2) is 0 Å². The zero-order valence-electron chi connectivity index (χ0n) is 7.77. The highest BCUT2D eigenvalue weighted by atomic mass is 32.2. The van der Waals surface area contributed by atoms with Crippen LogP contribution in [0.5, 0.6) is 0 Å². The minimum Gasteiger partial charge on any atom is -0.149 e. The highest BCUT2D eigenvalue weighted by Gasteiger charge is 1.91. The summed E-state index contributed by atoms with van der Waals surface area (Å²) in [4.78, 5) is 0. The first-order valence-corrected chi connectivity index (χ1v) is 6.92. The van der Waals surface area contributed by atoms with Crippen LogP contribution in [0.2, 0.25) is 0 Å². The quantitative estimate of drug-likeness (QED) is 0.564. The van der Waals surface area contributed by atoms with Crippen molar-refractivity contribution < 1.29 is 0 Å². The average Bonchev–Trinajstić information content (AvgIpc) is 2.18. The Morgan fingerprint density at radius 3 is 1.77 bits per heavy atom. The van der Waals surface area contributed by atoms with Gasteiger partial charge in [-0.2, -0.15) is 0 Å². The van der Waals surface area contributed by atoms with E-state index in [0.717, 1.165) is 11.5 Å². The van der Waals surface area contributed by atoms with Gasteiger partial charge in [0.1, 0.15) is 0 Å². The first-order chi connectivity index (χ1) is 6.50. The van der Waals surface area contributed by atoms with E-state index in [-0.39, 0.29) is 0 Å². The molecule has 0 aromatic rings. The Morgan fingerprint density at radius 2 is 1.23 bits per heavy atom. The van der Waals surface area contributed by atoms with Crippen LogP contribution in [-0.2, 0) is 0 Å². The monoisotopic (exact) mass is 210 g/mol. The van der Waals surface area contributed by atoms with Gasteiger partial charge in [-0.1, -0.05) is 18.3 Å². The molecule has 0 nitrogen and oxygen atoms in total. The summed E-state index contributed by atoms with van der Waals surface area (Å²) < 4.78 is 0. The molecule has 2 heteroatoms. The zero-order chi connectivity index (χ0) is 9.19. The fourth-order valence-corrected chi connectivity index (χ4v) is 2.45. The van der Waals surface area contributed by atoms with Crippen LogP contribution in [0, 0.1) is 23.7 Å². The van der Waals surface area contributed by atoms with Gasteiger partial charge in [-0.05, 0) is 36.2 Å². The van der Waals surface area contributed by atoms with Crippen LogP contribution in [0.4, 0.5) is 0 Å². The molecule has 70 valence electrons. The predicted molar refractivity (Wildman–Crippen MR) is 64.1 cm³/mol. The van der Waals surface area contributed by atoms with E-state index >= 15 is 0 Å². The summed E-state index contributed by atoms with van der Waals surface area (Å²) in [7, 11) is 0. The molecule has 1 aliphatic rings. The summed E-state index contributed by atoms with van der Waals surface area (Å²) in [5.74, 6) is 16.3. The van der Waals surface area contributed by atoms with E-state index in [0.29, 0.717) is 0 Å². The molecule has 0 saturated carbocycles. The normalized spacial score (nSPS) is 19.1. The third kappa shape index (κ3) is 6.94. The molecule has 0 saturated heterocycles. The second-order valence-electron chi connectivity index (χ2n) is 2.77. The molecule has 0 aliphatic carbocycles. The molecule has 1 aliphatic heterocycles. The number of hydrogen-bond donors (Lipinski definition) is 0. The highest BCUT2D eigenvalue weighted by molar-refractivity contribution is 7.99. The van der Waals surface area contributed by atoms with Crippen LogP contribution < -0.4 is 0 Å². The van der Waals surface area contributed by atoms with Crippen molar-refractivity contribution >= 4 is 23.5 Å². The first-order valence-electron chi connectivity index (χ1n) is 4.61.